The van der Waals surface area contributed by atoms with Gasteiger partial charge in [0.05, 0.1) is 5.57 Å². The van der Waals surface area contributed by atoms with E-state index in [1.54, 1.807) is 29.3 Å². The second-order valence-corrected chi connectivity index (χ2v) is 13.0. The Bertz CT molecular complexity index is 1050. The number of aromatic nitrogens is 1. The zero-order chi connectivity index (χ0) is 26.1. The van der Waals surface area contributed by atoms with Crippen LogP contribution in [0.1, 0.15) is 59.8 Å². The molecule has 7 nitrogen and oxygen atoms in total. The Labute approximate surface area is 221 Å². The fraction of sp³-hybridized carbons (Fsp3) is 0.630. The molecule has 2 heterocycles. The Morgan fingerprint density at radius 3 is 2.69 bits per heavy atom. The highest BCUT2D eigenvalue weighted by Gasteiger charge is 2.60. The number of nitrogens with zero attached hydrogens (tertiary/aromatic N) is 1. The van der Waals surface area contributed by atoms with Crippen LogP contribution in [0.5, 0.6) is 0 Å². The first-order valence-corrected chi connectivity index (χ1v) is 14.2. The van der Waals surface area contributed by atoms with Crippen LogP contribution in [0.4, 0.5) is 0 Å². The van der Waals surface area contributed by atoms with Gasteiger partial charge in [-0.25, -0.2) is 9.78 Å². The molecule has 0 aromatic carbocycles. The van der Waals surface area contributed by atoms with E-state index in [4.69, 9.17) is 14.2 Å². The number of fused-ring (bicyclic) bond motifs is 1. The van der Waals surface area contributed by atoms with Gasteiger partial charge in [0, 0.05) is 36.1 Å². The summed E-state index contributed by atoms with van der Waals surface area (Å²) in [6, 6.07) is 0. The predicted molar refractivity (Wildman–Crippen MR) is 138 cm³/mol. The third-order valence-electron chi connectivity index (χ3n) is 8.41. The fourth-order valence-electron chi connectivity index (χ4n) is 6.73. The van der Waals surface area contributed by atoms with Gasteiger partial charge in [-0.1, -0.05) is 37.8 Å². The molecule has 0 bridgehead atoms. The van der Waals surface area contributed by atoms with Crippen molar-refractivity contribution in [3.05, 3.63) is 35.4 Å². The van der Waals surface area contributed by atoms with Crippen molar-refractivity contribution in [3.63, 3.8) is 0 Å². The summed E-state index contributed by atoms with van der Waals surface area (Å²) in [5.74, 6) is -0.634. The van der Waals surface area contributed by atoms with Gasteiger partial charge in [0.2, 0.25) is 0 Å². The first-order chi connectivity index (χ1) is 17.0. The van der Waals surface area contributed by atoms with E-state index in [1.165, 1.54) is 19.4 Å². The van der Waals surface area contributed by atoms with Gasteiger partial charge in [0.1, 0.15) is 23.7 Å². The summed E-state index contributed by atoms with van der Waals surface area (Å²) >= 11 is 3.18. The van der Waals surface area contributed by atoms with E-state index in [-0.39, 0.29) is 53.1 Å². The highest BCUT2D eigenvalue weighted by atomic mass is 32.2. The monoisotopic (exact) mass is 533 g/mol. The van der Waals surface area contributed by atoms with Crippen molar-refractivity contribution >= 4 is 41.0 Å². The summed E-state index contributed by atoms with van der Waals surface area (Å²) in [5.41, 5.74) is 1.20. The Morgan fingerprint density at radius 2 is 2.08 bits per heavy atom. The largest absolute Gasteiger partial charge is 0.465 e. The maximum Gasteiger partial charge on any atom is 0.335 e. The lowest BCUT2D eigenvalue weighted by Crippen LogP contribution is -2.59. The lowest BCUT2D eigenvalue weighted by Gasteiger charge is -2.60. The summed E-state index contributed by atoms with van der Waals surface area (Å²) in [6.07, 6.45) is 7.34. The maximum absolute atomic E-state index is 12.6. The number of hydrogen-bond acceptors (Lipinski definition) is 9. The molecule has 0 N–H and O–H groups in total. The van der Waals surface area contributed by atoms with Gasteiger partial charge in [-0.2, -0.15) is 0 Å². The SMILES string of the molecule is C=C1CCC2[C@@](C)(CC[C@@H](OC(C)=O)[C@]2(C)COC(C)=O)[C@@H]1CC(Sc1nccs1)C1=CCOC1=O. The number of allylic oxidation sites excluding steroid dienone is 1. The summed E-state index contributed by atoms with van der Waals surface area (Å²) < 4.78 is 17.6. The summed E-state index contributed by atoms with van der Waals surface area (Å²) in [4.78, 5) is 40.8. The van der Waals surface area contributed by atoms with Gasteiger partial charge < -0.3 is 14.2 Å². The van der Waals surface area contributed by atoms with Crippen LogP contribution in [0.2, 0.25) is 0 Å². The lowest BCUT2D eigenvalue weighted by atomic mass is 9.46. The van der Waals surface area contributed by atoms with Gasteiger partial charge in [-0.05, 0) is 55.4 Å². The number of esters is 3. The first-order valence-electron chi connectivity index (χ1n) is 12.5. The molecule has 4 rings (SSSR count). The smallest absolute Gasteiger partial charge is 0.335 e. The average Bonchev–Trinajstić information content (AvgIpc) is 3.47. The van der Waals surface area contributed by atoms with E-state index in [1.807, 2.05) is 11.5 Å². The van der Waals surface area contributed by atoms with Crippen LogP contribution in [0.15, 0.2) is 39.7 Å². The second kappa shape index (κ2) is 10.7. The molecule has 0 amide bonds. The highest BCUT2D eigenvalue weighted by Crippen LogP contribution is 2.63. The Kier molecular flexibility index (Phi) is 8.00. The van der Waals surface area contributed by atoms with E-state index >= 15 is 0 Å². The number of thiazole rings is 1. The van der Waals surface area contributed by atoms with Gasteiger partial charge >= 0.3 is 17.9 Å². The quantitative estimate of drug-likeness (QED) is 0.191. The van der Waals surface area contributed by atoms with Gasteiger partial charge in [-0.3, -0.25) is 9.59 Å². The number of rotatable bonds is 8. The van der Waals surface area contributed by atoms with Crippen LogP contribution in [0.25, 0.3) is 0 Å². The Hall–Kier alpha value is -2.13. The normalized spacial score (nSPS) is 32.8. The molecule has 196 valence electrons. The maximum atomic E-state index is 12.6. The van der Waals surface area contributed by atoms with Gasteiger partial charge in [-0.15, -0.1) is 11.3 Å². The van der Waals surface area contributed by atoms with Crippen LogP contribution in [-0.4, -0.2) is 47.5 Å². The molecular formula is C27H35NO6S2. The van der Waals surface area contributed by atoms with Crippen LogP contribution in [0.3, 0.4) is 0 Å². The molecule has 2 aliphatic carbocycles. The van der Waals surface area contributed by atoms with Gasteiger partial charge in [0.25, 0.3) is 0 Å². The van der Waals surface area contributed by atoms with Crippen molar-refractivity contribution in [3.8, 4) is 0 Å². The molecular weight excluding hydrogens is 498 g/mol. The van der Waals surface area contributed by atoms with Crippen molar-refractivity contribution < 1.29 is 28.6 Å². The number of carbonyl (C=O) groups excluding carboxylic acids is 3. The molecule has 6 atom stereocenters. The van der Waals surface area contributed by atoms with Crippen molar-refractivity contribution in [2.24, 2.45) is 22.7 Å². The minimum absolute atomic E-state index is 0.102. The van der Waals surface area contributed by atoms with E-state index in [0.717, 1.165) is 30.0 Å². The number of thioether (sulfide) groups is 1. The zero-order valence-electron chi connectivity index (χ0n) is 21.4. The number of ether oxygens (including phenoxy) is 3. The molecule has 2 unspecified atom stereocenters. The third kappa shape index (κ3) is 5.28. The summed E-state index contributed by atoms with van der Waals surface area (Å²) in [6.45, 7) is 12.2. The topological polar surface area (TPSA) is 91.8 Å². The third-order valence-corrected chi connectivity index (χ3v) is 10.6. The van der Waals surface area contributed by atoms with Crippen LogP contribution in [0, 0.1) is 22.7 Å². The summed E-state index contributed by atoms with van der Waals surface area (Å²) in [7, 11) is 0. The molecule has 0 radical (unpaired) electrons. The van der Waals surface area contributed by atoms with Crippen LogP contribution in [-0.2, 0) is 28.6 Å². The van der Waals surface area contributed by atoms with Gasteiger partial charge in [0.15, 0.2) is 0 Å². The predicted octanol–water partition coefficient (Wildman–Crippen LogP) is 5.36. The standard InChI is InChI=1S/C27H35NO6S2/c1-16-6-7-22-26(4,10-8-23(34-18(3)30)27(22,5)15-33-17(2)29)20(16)14-21(19-9-12-32-24(19)31)36-25-28-11-13-35-25/h9,11,13,20-23H,1,6-8,10,12,14-15H2,2-5H3/t20-,21?,22?,23-,26+,27-/m1/s1. The Balaban J connectivity index is 1.67. The van der Waals surface area contributed by atoms with Crippen LogP contribution >= 0.6 is 23.1 Å². The molecule has 36 heavy (non-hydrogen) atoms. The number of hydrogen-bond donors (Lipinski definition) is 0. The van der Waals surface area contributed by atoms with Crippen molar-refractivity contribution in [2.75, 3.05) is 13.2 Å². The molecule has 0 spiro atoms. The molecule has 1 aliphatic heterocycles. The molecule has 1 aromatic rings. The molecule has 2 fully saturated rings. The highest BCUT2D eigenvalue weighted by molar-refractivity contribution is 8.01. The molecule has 2 saturated carbocycles. The number of cyclic esters (lactones) is 1. The summed E-state index contributed by atoms with van der Waals surface area (Å²) in [5, 5.41) is 1.84. The lowest BCUT2D eigenvalue weighted by molar-refractivity contribution is -0.191. The molecule has 3 aliphatic rings. The van der Waals surface area contributed by atoms with Crippen LogP contribution < -0.4 is 0 Å². The molecule has 1 aromatic heterocycles. The average molecular weight is 534 g/mol. The zero-order valence-corrected chi connectivity index (χ0v) is 23.0. The van der Waals surface area contributed by atoms with E-state index in [9.17, 15) is 14.4 Å². The number of carbonyl (C=O) groups is 3. The van der Waals surface area contributed by atoms with Crippen molar-refractivity contribution in [1.29, 1.82) is 0 Å². The minimum Gasteiger partial charge on any atom is -0.465 e. The molecule has 9 heteroatoms. The molecule has 0 saturated heterocycles. The minimum atomic E-state index is -0.521. The fourth-order valence-corrected chi connectivity index (χ4v) is 8.80. The van der Waals surface area contributed by atoms with E-state index in [2.05, 4.69) is 25.4 Å². The van der Waals surface area contributed by atoms with E-state index < -0.39 is 5.41 Å². The first kappa shape index (κ1) is 26.9. The van der Waals surface area contributed by atoms with Crippen molar-refractivity contribution in [2.45, 2.75) is 75.5 Å². The van der Waals surface area contributed by atoms with Crippen molar-refractivity contribution in [1.82, 2.24) is 4.98 Å². The second-order valence-electron chi connectivity index (χ2n) is 10.6. The van der Waals surface area contributed by atoms with E-state index in [0.29, 0.717) is 18.6 Å². The Morgan fingerprint density at radius 1 is 1.31 bits per heavy atom.